The van der Waals surface area contributed by atoms with E-state index in [1.165, 1.54) is 32.1 Å². The number of hydrogen-bond acceptors (Lipinski definition) is 3. The molecule has 2 rings (SSSR count). The summed E-state index contributed by atoms with van der Waals surface area (Å²) in [6, 6.07) is 0. The lowest BCUT2D eigenvalue weighted by Crippen LogP contribution is -2.35. The van der Waals surface area contributed by atoms with Gasteiger partial charge in [0.1, 0.15) is 0 Å². The maximum absolute atomic E-state index is 12.4. The van der Waals surface area contributed by atoms with Crippen molar-refractivity contribution >= 4 is 11.9 Å². The SMILES string of the molecule is CCCCCCCCN(CC1CC1C(=O)OCC)C(=O)C1CC1. The van der Waals surface area contributed by atoms with Crippen LogP contribution in [0.2, 0.25) is 0 Å². The highest BCUT2D eigenvalue weighted by Crippen LogP contribution is 2.41. The number of hydrogen-bond donors (Lipinski definition) is 0. The molecule has 0 aromatic carbocycles. The van der Waals surface area contributed by atoms with Crippen LogP contribution in [0, 0.1) is 17.8 Å². The number of nitrogens with zero attached hydrogens (tertiary/aromatic N) is 1. The van der Waals surface area contributed by atoms with E-state index in [4.69, 9.17) is 4.74 Å². The van der Waals surface area contributed by atoms with E-state index >= 15 is 0 Å². The molecule has 132 valence electrons. The van der Waals surface area contributed by atoms with Gasteiger partial charge in [-0.3, -0.25) is 9.59 Å². The Kier molecular flexibility index (Phi) is 7.38. The lowest BCUT2D eigenvalue weighted by atomic mass is 10.1. The molecule has 4 heteroatoms. The first-order valence-corrected chi connectivity index (χ1v) is 9.62. The van der Waals surface area contributed by atoms with Crippen LogP contribution in [0.1, 0.15) is 71.6 Å². The Balaban J connectivity index is 1.70. The summed E-state index contributed by atoms with van der Waals surface area (Å²) >= 11 is 0. The molecule has 2 fully saturated rings. The van der Waals surface area contributed by atoms with E-state index in [0.717, 1.165) is 38.8 Å². The fourth-order valence-electron chi connectivity index (χ4n) is 3.23. The molecule has 0 bridgehead atoms. The highest BCUT2D eigenvalue weighted by molar-refractivity contribution is 5.81. The zero-order chi connectivity index (χ0) is 16.7. The summed E-state index contributed by atoms with van der Waals surface area (Å²) in [6.45, 7) is 6.15. The fourth-order valence-corrected chi connectivity index (χ4v) is 3.23. The smallest absolute Gasteiger partial charge is 0.309 e. The number of esters is 1. The second-order valence-electron chi connectivity index (χ2n) is 7.18. The Morgan fingerprint density at radius 3 is 2.39 bits per heavy atom. The van der Waals surface area contributed by atoms with Crippen LogP contribution in [0.3, 0.4) is 0 Å². The van der Waals surface area contributed by atoms with E-state index in [2.05, 4.69) is 6.92 Å². The molecule has 0 heterocycles. The maximum Gasteiger partial charge on any atom is 0.309 e. The van der Waals surface area contributed by atoms with Crippen molar-refractivity contribution in [2.75, 3.05) is 19.7 Å². The Hall–Kier alpha value is -1.06. The number of rotatable bonds is 12. The molecular weight excluding hydrogens is 290 g/mol. The van der Waals surface area contributed by atoms with Crippen LogP contribution in [0.15, 0.2) is 0 Å². The minimum absolute atomic E-state index is 0.0361. The number of carbonyl (C=O) groups is 2. The topological polar surface area (TPSA) is 46.6 Å². The van der Waals surface area contributed by atoms with Crippen molar-refractivity contribution in [2.45, 2.75) is 71.6 Å². The first kappa shape index (κ1) is 18.3. The number of ether oxygens (including phenoxy) is 1. The van der Waals surface area contributed by atoms with Gasteiger partial charge in [-0.1, -0.05) is 39.0 Å². The van der Waals surface area contributed by atoms with E-state index in [1.807, 2.05) is 11.8 Å². The van der Waals surface area contributed by atoms with Crippen molar-refractivity contribution in [3.63, 3.8) is 0 Å². The van der Waals surface area contributed by atoms with Crippen molar-refractivity contribution in [3.8, 4) is 0 Å². The lowest BCUT2D eigenvalue weighted by Gasteiger charge is -2.23. The van der Waals surface area contributed by atoms with E-state index in [-0.39, 0.29) is 17.8 Å². The summed E-state index contributed by atoms with van der Waals surface area (Å²) in [4.78, 5) is 26.2. The summed E-state index contributed by atoms with van der Waals surface area (Å²) < 4.78 is 5.09. The third kappa shape index (κ3) is 6.15. The Bertz CT molecular complexity index is 392. The van der Waals surface area contributed by atoms with Crippen LogP contribution in [0.4, 0.5) is 0 Å². The molecule has 2 atom stereocenters. The Labute approximate surface area is 140 Å². The molecule has 0 saturated heterocycles. The van der Waals surface area contributed by atoms with Crippen molar-refractivity contribution in [1.29, 1.82) is 0 Å². The van der Waals surface area contributed by atoms with Gasteiger partial charge in [-0.2, -0.15) is 0 Å². The molecule has 2 unspecified atom stereocenters. The third-order valence-corrected chi connectivity index (χ3v) is 4.99. The van der Waals surface area contributed by atoms with Crippen molar-refractivity contribution in [1.82, 2.24) is 4.90 Å². The number of unbranched alkanes of at least 4 members (excludes halogenated alkanes) is 5. The van der Waals surface area contributed by atoms with Crippen molar-refractivity contribution < 1.29 is 14.3 Å². The van der Waals surface area contributed by atoms with E-state index < -0.39 is 0 Å². The molecule has 1 amide bonds. The zero-order valence-corrected chi connectivity index (χ0v) is 14.9. The molecule has 0 aromatic rings. The molecule has 0 aliphatic heterocycles. The van der Waals surface area contributed by atoms with Crippen LogP contribution in [-0.4, -0.2) is 36.5 Å². The fraction of sp³-hybridized carbons (Fsp3) is 0.895. The van der Waals surface area contributed by atoms with Gasteiger partial charge >= 0.3 is 5.97 Å². The first-order valence-electron chi connectivity index (χ1n) is 9.62. The summed E-state index contributed by atoms with van der Waals surface area (Å²) in [7, 11) is 0. The van der Waals surface area contributed by atoms with E-state index in [1.54, 1.807) is 0 Å². The Morgan fingerprint density at radius 1 is 1.04 bits per heavy atom. The molecule has 0 N–H and O–H groups in total. The first-order chi connectivity index (χ1) is 11.2. The van der Waals surface area contributed by atoms with Gasteiger partial charge in [0, 0.05) is 19.0 Å². The van der Waals surface area contributed by atoms with Gasteiger partial charge in [0.2, 0.25) is 5.91 Å². The molecule has 2 aliphatic carbocycles. The lowest BCUT2D eigenvalue weighted by molar-refractivity contribution is -0.145. The summed E-state index contributed by atoms with van der Waals surface area (Å²) in [5, 5.41) is 0. The quantitative estimate of drug-likeness (QED) is 0.405. The normalized spacial score (nSPS) is 22.7. The van der Waals surface area contributed by atoms with Gasteiger partial charge in [0.15, 0.2) is 0 Å². The van der Waals surface area contributed by atoms with Crippen LogP contribution in [-0.2, 0) is 14.3 Å². The summed E-state index contributed by atoms with van der Waals surface area (Å²) in [5.74, 6) is 0.893. The maximum atomic E-state index is 12.4. The molecule has 2 aliphatic rings. The number of carbonyl (C=O) groups excluding carboxylic acids is 2. The summed E-state index contributed by atoms with van der Waals surface area (Å²) in [6.07, 6.45) is 10.5. The predicted octanol–water partition coefficient (Wildman–Crippen LogP) is 3.78. The molecule has 2 saturated carbocycles. The van der Waals surface area contributed by atoms with Gasteiger partial charge in [0.05, 0.1) is 12.5 Å². The van der Waals surface area contributed by atoms with Crippen LogP contribution in [0.5, 0.6) is 0 Å². The Morgan fingerprint density at radius 2 is 1.74 bits per heavy atom. The monoisotopic (exact) mass is 323 g/mol. The predicted molar refractivity (Wildman–Crippen MR) is 90.9 cm³/mol. The van der Waals surface area contributed by atoms with E-state index in [0.29, 0.717) is 18.4 Å². The molecule has 23 heavy (non-hydrogen) atoms. The molecule has 0 spiro atoms. The second kappa shape index (κ2) is 9.29. The largest absolute Gasteiger partial charge is 0.466 e. The van der Waals surface area contributed by atoms with Gasteiger partial charge < -0.3 is 9.64 Å². The average molecular weight is 323 g/mol. The third-order valence-electron chi connectivity index (χ3n) is 4.99. The van der Waals surface area contributed by atoms with Crippen molar-refractivity contribution in [2.24, 2.45) is 17.8 Å². The second-order valence-corrected chi connectivity index (χ2v) is 7.18. The minimum atomic E-state index is -0.0733. The summed E-state index contributed by atoms with van der Waals surface area (Å²) in [5.41, 5.74) is 0. The number of amides is 1. The molecule has 0 radical (unpaired) electrons. The minimum Gasteiger partial charge on any atom is -0.466 e. The van der Waals surface area contributed by atoms with Gasteiger partial charge in [-0.05, 0) is 38.5 Å². The molecule has 0 aromatic heterocycles. The van der Waals surface area contributed by atoms with Crippen molar-refractivity contribution in [3.05, 3.63) is 0 Å². The zero-order valence-electron chi connectivity index (χ0n) is 14.9. The highest BCUT2D eigenvalue weighted by atomic mass is 16.5. The van der Waals surface area contributed by atoms with E-state index in [9.17, 15) is 9.59 Å². The van der Waals surface area contributed by atoms with Crippen LogP contribution < -0.4 is 0 Å². The van der Waals surface area contributed by atoms with Gasteiger partial charge in [-0.15, -0.1) is 0 Å². The van der Waals surface area contributed by atoms with Crippen LogP contribution >= 0.6 is 0 Å². The molecule has 4 nitrogen and oxygen atoms in total. The molecular formula is C19H33NO3. The standard InChI is InChI=1S/C19H33NO3/c1-3-5-6-7-8-9-12-20(18(21)15-10-11-15)14-16-13-17(16)19(22)23-4-2/h15-17H,3-14H2,1-2H3. The van der Waals surface area contributed by atoms with Crippen LogP contribution in [0.25, 0.3) is 0 Å². The highest BCUT2D eigenvalue weighted by Gasteiger charge is 2.46. The van der Waals surface area contributed by atoms with Gasteiger partial charge in [0.25, 0.3) is 0 Å². The average Bonchev–Trinajstić information content (AvgIpc) is 3.43. The van der Waals surface area contributed by atoms with Gasteiger partial charge in [-0.25, -0.2) is 0 Å².